The van der Waals surface area contributed by atoms with E-state index in [2.05, 4.69) is 25.6 Å². The number of nitrogens with one attached hydrogen (secondary N) is 2. The molecule has 13 nitrogen and oxygen atoms in total. The van der Waals surface area contributed by atoms with E-state index in [1.165, 1.54) is 17.2 Å². The van der Waals surface area contributed by atoms with Gasteiger partial charge in [-0.05, 0) is 18.1 Å². The molecule has 0 radical (unpaired) electrons. The Hall–Kier alpha value is -4.59. The number of carboxylic acids is 1. The number of aliphatic hydroxyl groups excluding tert-OH is 2. The van der Waals surface area contributed by atoms with Crippen molar-refractivity contribution in [1.29, 1.82) is 0 Å². The zero-order valence-corrected chi connectivity index (χ0v) is 22.1. The first-order valence-electron chi connectivity index (χ1n) is 13.0. The Kier molecular flexibility index (Phi) is 8.38. The lowest BCUT2D eigenvalue weighted by molar-refractivity contribution is -0.139. The van der Waals surface area contributed by atoms with Crippen molar-refractivity contribution in [2.24, 2.45) is 0 Å². The molecule has 1 unspecified atom stereocenters. The number of aryl methyl sites for hydroxylation is 1. The molecular formula is C28H30N6O7. The first kappa shape index (κ1) is 28.0. The number of ether oxygens (including phenoxy) is 2. The number of carboxylic acid groups (broad SMARTS) is 1. The van der Waals surface area contributed by atoms with Crippen LogP contribution in [0.4, 0.5) is 10.6 Å². The van der Waals surface area contributed by atoms with Gasteiger partial charge in [0.15, 0.2) is 23.2 Å². The maximum atomic E-state index is 12.4. The number of rotatable bonds is 10. The number of alkyl carbamates (subject to hydrolysis) is 1. The predicted molar refractivity (Wildman–Crippen MR) is 146 cm³/mol. The van der Waals surface area contributed by atoms with Crippen LogP contribution in [0.3, 0.4) is 0 Å². The standard InChI is InChI=1S/C28H30N6O7/c1-16-7-9-18(10-8-16)12-29-24-21-25(31-14-30-24)34(15-32-21)26-23(36)22(35)20(41-26)13-40-28(39)33-19(27(37)38)11-17-5-3-2-4-6-17/h2-10,14-15,19-20,22-23,26,35-36H,11-13H2,1H3,(H,33,39)(H,37,38)(H,29,30,31)/t19-,20+,22?,23-,26+/m0/s1. The molecule has 1 saturated heterocycles. The zero-order valence-electron chi connectivity index (χ0n) is 22.1. The number of benzene rings is 2. The molecule has 1 aliphatic rings. The highest BCUT2D eigenvalue weighted by molar-refractivity contribution is 5.82. The van der Waals surface area contributed by atoms with Crippen LogP contribution in [-0.4, -0.2) is 77.9 Å². The van der Waals surface area contributed by atoms with E-state index >= 15 is 0 Å². The number of carbonyl (C=O) groups is 2. The van der Waals surface area contributed by atoms with E-state index in [1.807, 2.05) is 31.2 Å². The topological polar surface area (TPSA) is 181 Å². The second kappa shape index (κ2) is 12.3. The molecule has 41 heavy (non-hydrogen) atoms. The first-order chi connectivity index (χ1) is 19.8. The van der Waals surface area contributed by atoms with Crippen molar-refractivity contribution in [3.63, 3.8) is 0 Å². The Labute approximate surface area is 234 Å². The lowest BCUT2D eigenvalue weighted by Gasteiger charge is -2.18. The van der Waals surface area contributed by atoms with Crippen molar-refractivity contribution in [1.82, 2.24) is 24.8 Å². The van der Waals surface area contributed by atoms with Crippen LogP contribution < -0.4 is 10.6 Å². The van der Waals surface area contributed by atoms with Gasteiger partial charge in [0.1, 0.15) is 37.3 Å². The van der Waals surface area contributed by atoms with E-state index in [0.29, 0.717) is 23.5 Å². The summed E-state index contributed by atoms with van der Waals surface area (Å²) in [6.07, 6.45) is -3.09. The molecule has 0 aliphatic carbocycles. The van der Waals surface area contributed by atoms with E-state index in [4.69, 9.17) is 9.47 Å². The van der Waals surface area contributed by atoms with Gasteiger partial charge in [0, 0.05) is 13.0 Å². The van der Waals surface area contributed by atoms with Gasteiger partial charge in [0.25, 0.3) is 0 Å². The van der Waals surface area contributed by atoms with Crippen LogP contribution in [0.15, 0.2) is 67.3 Å². The Balaban J connectivity index is 1.21. The van der Waals surface area contributed by atoms with Crippen molar-refractivity contribution in [2.45, 2.75) is 50.5 Å². The Morgan fingerprint density at radius 3 is 2.51 bits per heavy atom. The monoisotopic (exact) mass is 562 g/mol. The highest BCUT2D eigenvalue weighted by Crippen LogP contribution is 2.32. The summed E-state index contributed by atoms with van der Waals surface area (Å²) < 4.78 is 12.5. The normalized spacial score (nSPS) is 21.0. The fourth-order valence-electron chi connectivity index (χ4n) is 4.55. The number of aliphatic hydroxyl groups is 2. The van der Waals surface area contributed by atoms with Crippen LogP contribution in [0.1, 0.15) is 22.9 Å². The van der Waals surface area contributed by atoms with E-state index in [-0.39, 0.29) is 6.42 Å². The summed E-state index contributed by atoms with van der Waals surface area (Å²) in [4.78, 5) is 36.9. The van der Waals surface area contributed by atoms with Gasteiger partial charge in [-0.2, -0.15) is 0 Å². The molecule has 0 saturated carbocycles. The van der Waals surface area contributed by atoms with Gasteiger partial charge in [-0.15, -0.1) is 0 Å². The fraction of sp³-hybridized carbons (Fsp3) is 0.321. The largest absolute Gasteiger partial charge is 0.480 e. The Morgan fingerprint density at radius 1 is 1.02 bits per heavy atom. The van der Waals surface area contributed by atoms with Crippen molar-refractivity contribution in [2.75, 3.05) is 11.9 Å². The van der Waals surface area contributed by atoms with Crippen LogP contribution in [0.5, 0.6) is 0 Å². The predicted octanol–water partition coefficient (Wildman–Crippen LogP) is 1.79. The number of nitrogens with zero attached hydrogens (tertiary/aromatic N) is 4. The van der Waals surface area contributed by atoms with Gasteiger partial charge < -0.3 is 35.4 Å². The van der Waals surface area contributed by atoms with Gasteiger partial charge in [0.2, 0.25) is 0 Å². The molecule has 5 atom stereocenters. The summed E-state index contributed by atoms with van der Waals surface area (Å²) in [6, 6.07) is 15.7. The highest BCUT2D eigenvalue weighted by Gasteiger charge is 2.45. The number of aromatic nitrogens is 4. The fourth-order valence-corrected chi connectivity index (χ4v) is 4.55. The van der Waals surface area contributed by atoms with Gasteiger partial charge >= 0.3 is 12.1 Å². The molecule has 214 valence electrons. The van der Waals surface area contributed by atoms with Crippen molar-refractivity contribution >= 4 is 29.0 Å². The molecule has 5 rings (SSSR count). The maximum absolute atomic E-state index is 12.4. The average molecular weight is 563 g/mol. The van der Waals surface area contributed by atoms with Crippen LogP contribution in [0, 0.1) is 6.92 Å². The van der Waals surface area contributed by atoms with Crippen molar-refractivity contribution < 1.29 is 34.4 Å². The van der Waals surface area contributed by atoms with Crippen LogP contribution in [0.25, 0.3) is 11.2 Å². The summed E-state index contributed by atoms with van der Waals surface area (Å²) in [6.45, 7) is 2.10. The lowest BCUT2D eigenvalue weighted by atomic mass is 10.1. The molecule has 1 fully saturated rings. The number of imidazole rings is 1. The molecule has 2 aromatic heterocycles. The number of amides is 1. The second-order valence-electron chi connectivity index (χ2n) is 9.76. The van der Waals surface area contributed by atoms with Crippen LogP contribution >= 0.6 is 0 Å². The molecule has 3 heterocycles. The number of hydrogen-bond acceptors (Lipinski definition) is 10. The van der Waals surface area contributed by atoms with Gasteiger partial charge in [-0.25, -0.2) is 24.5 Å². The van der Waals surface area contributed by atoms with Crippen LogP contribution in [0.2, 0.25) is 0 Å². The van der Waals surface area contributed by atoms with E-state index < -0.39 is 49.3 Å². The van der Waals surface area contributed by atoms with Crippen LogP contribution in [-0.2, 0) is 27.2 Å². The quantitative estimate of drug-likeness (QED) is 0.190. The molecule has 4 aromatic rings. The maximum Gasteiger partial charge on any atom is 0.407 e. The van der Waals surface area contributed by atoms with Crippen molar-refractivity contribution in [3.8, 4) is 0 Å². The molecule has 1 aliphatic heterocycles. The summed E-state index contributed by atoms with van der Waals surface area (Å²) in [7, 11) is 0. The van der Waals surface area contributed by atoms with E-state index in [1.54, 1.807) is 30.3 Å². The second-order valence-corrected chi connectivity index (χ2v) is 9.76. The number of hydrogen-bond donors (Lipinski definition) is 5. The Morgan fingerprint density at radius 2 is 1.78 bits per heavy atom. The smallest absolute Gasteiger partial charge is 0.407 e. The number of anilines is 1. The van der Waals surface area contributed by atoms with Gasteiger partial charge in [0.05, 0.1) is 6.33 Å². The highest BCUT2D eigenvalue weighted by atomic mass is 16.6. The third-order valence-corrected chi connectivity index (χ3v) is 6.80. The Bertz CT molecular complexity index is 1500. The number of fused-ring (bicyclic) bond motifs is 1. The minimum Gasteiger partial charge on any atom is -0.480 e. The van der Waals surface area contributed by atoms with E-state index in [9.17, 15) is 24.9 Å². The summed E-state index contributed by atoms with van der Waals surface area (Å²) >= 11 is 0. The summed E-state index contributed by atoms with van der Waals surface area (Å²) in [5.41, 5.74) is 3.76. The first-order valence-corrected chi connectivity index (χ1v) is 13.0. The lowest BCUT2D eigenvalue weighted by Crippen LogP contribution is -2.44. The van der Waals surface area contributed by atoms with Crippen molar-refractivity contribution in [3.05, 3.63) is 83.9 Å². The van der Waals surface area contributed by atoms with Gasteiger partial charge in [-0.3, -0.25) is 4.57 Å². The molecule has 0 bridgehead atoms. The third-order valence-electron chi connectivity index (χ3n) is 6.80. The molecule has 0 spiro atoms. The SMILES string of the molecule is Cc1ccc(CNc2ncnc3c2ncn3[C@@H]2O[C@H](COC(=O)N[C@@H](Cc3ccccc3)C(=O)O)C(O)[C@@H]2O)cc1. The average Bonchev–Trinajstić information content (AvgIpc) is 3.52. The molecule has 5 N–H and O–H groups in total. The molecule has 2 aromatic carbocycles. The summed E-state index contributed by atoms with van der Waals surface area (Å²) in [5, 5.41) is 36.4. The molecular weight excluding hydrogens is 532 g/mol. The minimum atomic E-state index is -1.40. The van der Waals surface area contributed by atoms with E-state index in [0.717, 1.165) is 16.7 Å². The minimum absolute atomic E-state index is 0.0615. The number of carbonyl (C=O) groups excluding carboxylic acids is 1. The molecule has 13 heteroatoms. The number of aliphatic carboxylic acids is 1. The zero-order chi connectivity index (χ0) is 28.9. The molecule has 1 amide bonds. The van der Waals surface area contributed by atoms with Gasteiger partial charge in [-0.1, -0.05) is 60.2 Å². The third kappa shape index (κ3) is 6.43. The summed E-state index contributed by atoms with van der Waals surface area (Å²) in [5.74, 6) is -0.734.